The van der Waals surface area contributed by atoms with Crippen molar-refractivity contribution < 1.29 is 28.6 Å². The number of benzene rings is 2. The predicted octanol–water partition coefficient (Wildman–Crippen LogP) is 4.53. The molecular weight excluding hydrogens is 401 g/mol. The van der Waals surface area contributed by atoms with Gasteiger partial charge in [-0.3, -0.25) is 9.59 Å². The lowest BCUT2D eigenvalue weighted by atomic mass is 10.0. The molecule has 0 aromatic heterocycles. The monoisotopic (exact) mass is 429 g/mol. The summed E-state index contributed by atoms with van der Waals surface area (Å²) in [5, 5.41) is 11.6. The Kier molecular flexibility index (Phi) is 9.55. The van der Waals surface area contributed by atoms with Crippen LogP contribution in [-0.2, 0) is 9.59 Å². The van der Waals surface area contributed by atoms with Crippen molar-refractivity contribution in [3.8, 4) is 11.5 Å². The molecule has 0 saturated carbocycles. The number of rotatable bonds is 12. The first-order chi connectivity index (χ1) is 14.9. The molecule has 0 atom stereocenters. The van der Waals surface area contributed by atoms with Gasteiger partial charge in [0.15, 0.2) is 0 Å². The van der Waals surface area contributed by atoms with E-state index in [-0.39, 0.29) is 18.1 Å². The number of carbonyl (C=O) groups is 2. The molecule has 0 radical (unpaired) electrons. The van der Waals surface area contributed by atoms with E-state index in [4.69, 9.17) is 14.6 Å². The van der Waals surface area contributed by atoms with Crippen LogP contribution in [0.4, 0.5) is 4.39 Å². The predicted molar refractivity (Wildman–Crippen MR) is 118 cm³/mol. The van der Waals surface area contributed by atoms with Gasteiger partial charge in [-0.15, -0.1) is 0 Å². The fourth-order valence-electron chi connectivity index (χ4n) is 3.04. The number of methoxy groups -OCH3 is 2. The molecule has 2 aromatic rings. The van der Waals surface area contributed by atoms with Crippen molar-refractivity contribution in [2.24, 2.45) is 0 Å². The molecule has 1 amide bonds. The van der Waals surface area contributed by atoms with Crippen molar-refractivity contribution in [3.63, 3.8) is 0 Å². The number of carboxylic acids is 1. The molecule has 0 aliphatic heterocycles. The van der Waals surface area contributed by atoms with Gasteiger partial charge in [0.25, 0.3) is 5.91 Å². The van der Waals surface area contributed by atoms with Gasteiger partial charge in [-0.25, -0.2) is 4.39 Å². The summed E-state index contributed by atoms with van der Waals surface area (Å²) in [5.41, 5.74) is 1.68. The summed E-state index contributed by atoms with van der Waals surface area (Å²) in [4.78, 5) is 23.4. The third kappa shape index (κ3) is 8.12. The van der Waals surface area contributed by atoms with Gasteiger partial charge < -0.3 is 19.9 Å². The molecule has 0 heterocycles. The van der Waals surface area contributed by atoms with Crippen LogP contribution in [0, 0.1) is 5.82 Å². The van der Waals surface area contributed by atoms with Crippen molar-refractivity contribution in [1.82, 2.24) is 5.32 Å². The van der Waals surface area contributed by atoms with Gasteiger partial charge in [0.2, 0.25) is 0 Å². The zero-order chi connectivity index (χ0) is 22.6. The number of aliphatic carboxylic acids is 1. The maximum Gasteiger partial charge on any atom is 0.303 e. The number of amides is 1. The zero-order valence-corrected chi connectivity index (χ0v) is 17.8. The topological polar surface area (TPSA) is 84.9 Å². The molecule has 6 nitrogen and oxygen atoms in total. The lowest BCUT2D eigenvalue weighted by Gasteiger charge is -2.11. The third-order valence-corrected chi connectivity index (χ3v) is 4.69. The van der Waals surface area contributed by atoms with Crippen LogP contribution < -0.4 is 14.8 Å². The summed E-state index contributed by atoms with van der Waals surface area (Å²) in [6.07, 6.45) is 4.87. The largest absolute Gasteiger partial charge is 0.497 e. The van der Waals surface area contributed by atoms with E-state index in [1.54, 1.807) is 50.6 Å². The summed E-state index contributed by atoms with van der Waals surface area (Å²) >= 11 is 0. The highest BCUT2D eigenvalue weighted by Crippen LogP contribution is 2.26. The molecule has 2 N–H and O–H groups in total. The Morgan fingerprint density at radius 3 is 2.16 bits per heavy atom. The van der Waals surface area contributed by atoms with Gasteiger partial charge in [-0.1, -0.05) is 25.0 Å². The Morgan fingerprint density at radius 2 is 1.58 bits per heavy atom. The van der Waals surface area contributed by atoms with E-state index >= 15 is 0 Å². The Labute approximate surface area is 181 Å². The lowest BCUT2D eigenvalue weighted by molar-refractivity contribution is -0.137. The molecule has 0 unspecified atom stereocenters. The van der Waals surface area contributed by atoms with E-state index in [9.17, 15) is 14.0 Å². The molecule has 31 heavy (non-hydrogen) atoms. The second-order valence-electron chi connectivity index (χ2n) is 7.02. The highest BCUT2D eigenvalue weighted by Gasteiger charge is 2.13. The van der Waals surface area contributed by atoms with Crippen molar-refractivity contribution in [1.29, 1.82) is 0 Å². The molecule has 0 saturated heterocycles. The average Bonchev–Trinajstić information content (AvgIpc) is 2.76. The molecule has 0 aliphatic rings. The smallest absolute Gasteiger partial charge is 0.303 e. The Bertz CT molecular complexity index is 886. The van der Waals surface area contributed by atoms with E-state index in [2.05, 4.69) is 5.32 Å². The summed E-state index contributed by atoms with van der Waals surface area (Å²) in [7, 11) is 3.10. The molecule has 0 spiro atoms. The van der Waals surface area contributed by atoms with E-state index in [0.29, 0.717) is 41.2 Å². The van der Waals surface area contributed by atoms with Gasteiger partial charge >= 0.3 is 5.97 Å². The van der Waals surface area contributed by atoms with Crippen LogP contribution in [0.15, 0.2) is 42.5 Å². The second-order valence-corrected chi connectivity index (χ2v) is 7.02. The van der Waals surface area contributed by atoms with Gasteiger partial charge in [0.05, 0.1) is 14.2 Å². The first kappa shape index (κ1) is 23.9. The fraction of sp³-hybridized carbons (Fsp3) is 0.333. The number of halogens is 1. The van der Waals surface area contributed by atoms with E-state index in [1.165, 1.54) is 12.1 Å². The maximum absolute atomic E-state index is 13.4. The molecule has 2 aromatic carbocycles. The number of nitrogens with one attached hydrogen (secondary N) is 1. The maximum atomic E-state index is 13.4. The van der Waals surface area contributed by atoms with Gasteiger partial charge in [0, 0.05) is 24.6 Å². The zero-order valence-electron chi connectivity index (χ0n) is 17.8. The highest BCUT2D eigenvalue weighted by atomic mass is 19.1. The number of carbonyl (C=O) groups excluding carboxylic acids is 1. The summed E-state index contributed by atoms with van der Waals surface area (Å²) < 4.78 is 24.0. The van der Waals surface area contributed by atoms with Crippen LogP contribution in [0.3, 0.4) is 0 Å². The standard InChI is InChI=1S/C24H28FNO5/c1-30-20-13-17(14-21(16-20)31-2)15-22(18-8-10-19(25)11-9-18)24(29)26-12-6-4-3-5-7-23(27)28/h8-11,13-16H,3-7,12H2,1-2H3,(H,26,29)(H,27,28)/b22-15-. The first-order valence-electron chi connectivity index (χ1n) is 10.1. The minimum atomic E-state index is -0.795. The van der Waals surface area contributed by atoms with Crippen molar-refractivity contribution in [2.75, 3.05) is 20.8 Å². The van der Waals surface area contributed by atoms with E-state index < -0.39 is 5.97 Å². The Balaban J connectivity index is 2.14. The highest BCUT2D eigenvalue weighted by molar-refractivity contribution is 6.24. The van der Waals surface area contributed by atoms with Crippen LogP contribution in [0.2, 0.25) is 0 Å². The van der Waals surface area contributed by atoms with Gasteiger partial charge in [0.1, 0.15) is 17.3 Å². The molecule has 0 aliphatic carbocycles. The number of ether oxygens (including phenoxy) is 2. The third-order valence-electron chi connectivity index (χ3n) is 4.69. The Hall–Kier alpha value is -3.35. The van der Waals surface area contributed by atoms with Gasteiger partial charge in [-0.05, 0) is 54.3 Å². The number of hydrogen-bond acceptors (Lipinski definition) is 4. The van der Waals surface area contributed by atoms with Crippen molar-refractivity contribution in [2.45, 2.75) is 32.1 Å². The van der Waals surface area contributed by atoms with Gasteiger partial charge in [-0.2, -0.15) is 0 Å². The van der Waals surface area contributed by atoms with Crippen LogP contribution in [-0.4, -0.2) is 37.7 Å². The number of unbranched alkanes of at least 4 members (excludes halogenated alkanes) is 3. The van der Waals surface area contributed by atoms with Crippen LogP contribution in [0.1, 0.15) is 43.2 Å². The normalized spacial score (nSPS) is 11.1. The summed E-state index contributed by atoms with van der Waals surface area (Å²) in [6, 6.07) is 11.0. The summed E-state index contributed by atoms with van der Waals surface area (Å²) in [6.45, 7) is 0.464. The quantitative estimate of drug-likeness (QED) is 0.294. The van der Waals surface area contributed by atoms with E-state index in [1.807, 2.05) is 0 Å². The minimum absolute atomic E-state index is 0.161. The molecule has 7 heteroatoms. The molecule has 2 rings (SSSR count). The first-order valence-corrected chi connectivity index (χ1v) is 10.1. The van der Waals surface area contributed by atoms with Crippen molar-refractivity contribution >= 4 is 23.5 Å². The molecule has 0 bridgehead atoms. The molecule has 0 fully saturated rings. The second kappa shape index (κ2) is 12.4. The van der Waals surface area contributed by atoms with E-state index in [0.717, 1.165) is 19.3 Å². The van der Waals surface area contributed by atoms with Crippen molar-refractivity contribution in [3.05, 3.63) is 59.4 Å². The molecular formula is C24H28FNO5. The van der Waals surface area contributed by atoms with Crippen LogP contribution >= 0.6 is 0 Å². The van der Waals surface area contributed by atoms with Crippen LogP contribution in [0.25, 0.3) is 11.6 Å². The number of carboxylic acid groups (broad SMARTS) is 1. The molecule has 166 valence electrons. The fourth-order valence-corrected chi connectivity index (χ4v) is 3.04. The van der Waals surface area contributed by atoms with Crippen LogP contribution in [0.5, 0.6) is 11.5 Å². The minimum Gasteiger partial charge on any atom is -0.497 e. The average molecular weight is 429 g/mol. The Morgan fingerprint density at radius 1 is 0.968 bits per heavy atom. The SMILES string of the molecule is COc1cc(/C=C(\C(=O)NCCCCCCC(=O)O)c2ccc(F)cc2)cc(OC)c1. The number of hydrogen-bond donors (Lipinski definition) is 2. The lowest BCUT2D eigenvalue weighted by Crippen LogP contribution is -2.25. The summed E-state index contributed by atoms with van der Waals surface area (Å²) in [5.74, 6) is -0.278.